The van der Waals surface area contributed by atoms with Gasteiger partial charge in [-0.3, -0.25) is 9.59 Å². The van der Waals surface area contributed by atoms with Crippen LogP contribution in [0.1, 0.15) is 33.6 Å². The van der Waals surface area contributed by atoms with Crippen LogP contribution in [-0.2, 0) is 0 Å². The maximum atomic E-state index is 12.5. The molecule has 8 heteroatoms. The van der Waals surface area contributed by atoms with E-state index in [1.165, 1.54) is 0 Å². The van der Waals surface area contributed by atoms with Gasteiger partial charge in [-0.2, -0.15) is 0 Å². The smallest absolute Gasteiger partial charge is 0.254 e. The minimum absolute atomic E-state index is 0.0674. The number of carbonyl (C=O) groups is 2. The molecule has 0 atom stereocenters. The number of phenols is 3. The molecular formula is C19H19ClN2O5. The van der Waals surface area contributed by atoms with E-state index in [9.17, 15) is 24.9 Å². The fourth-order valence-corrected chi connectivity index (χ4v) is 3.23. The summed E-state index contributed by atoms with van der Waals surface area (Å²) in [5.41, 5.74) is 0.570. The van der Waals surface area contributed by atoms with Crippen LogP contribution in [0.25, 0.3) is 0 Å². The second-order valence-electron chi connectivity index (χ2n) is 6.41. The van der Waals surface area contributed by atoms with E-state index in [4.69, 9.17) is 11.6 Å². The zero-order valence-corrected chi connectivity index (χ0v) is 15.1. The summed E-state index contributed by atoms with van der Waals surface area (Å²) < 4.78 is 0. The Labute approximate surface area is 160 Å². The first-order valence-corrected chi connectivity index (χ1v) is 8.83. The molecule has 142 valence electrons. The van der Waals surface area contributed by atoms with E-state index in [-0.39, 0.29) is 23.4 Å². The van der Waals surface area contributed by atoms with Gasteiger partial charge in [-0.1, -0.05) is 17.7 Å². The first-order chi connectivity index (χ1) is 12.8. The normalized spacial score (nSPS) is 14.8. The van der Waals surface area contributed by atoms with E-state index in [0.29, 0.717) is 36.5 Å². The highest BCUT2D eigenvalue weighted by molar-refractivity contribution is 6.30. The van der Waals surface area contributed by atoms with Crippen LogP contribution in [0.3, 0.4) is 0 Å². The van der Waals surface area contributed by atoms with Crippen molar-refractivity contribution in [3.05, 3.63) is 52.5 Å². The van der Waals surface area contributed by atoms with Gasteiger partial charge in [-0.25, -0.2) is 0 Å². The molecule has 1 aliphatic heterocycles. The van der Waals surface area contributed by atoms with Crippen LogP contribution in [0, 0.1) is 0 Å². The number of aromatic hydroxyl groups is 3. The third-order valence-corrected chi connectivity index (χ3v) is 4.76. The van der Waals surface area contributed by atoms with Gasteiger partial charge < -0.3 is 25.5 Å². The van der Waals surface area contributed by atoms with Crippen LogP contribution >= 0.6 is 11.6 Å². The molecule has 4 N–H and O–H groups in total. The average molecular weight is 391 g/mol. The number of nitrogens with one attached hydrogen (secondary N) is 1. The zero-order valence-electron chi connectivity index (χ0n) is 14.4. The molecule has 2 amide bonds. The fourth-order valence-electron chi connectivity index (χ4n) is 3.04. The summed E-state index contributed by atoms with van der Waals surface area (Å²) in [7, 11) is 0. The number of halogens is 1. The molecule has 0 aromatic heterocycles. The lowest BCUT2D eigenvalue weighted by atomic mass is 10.0. The van der Waals surface area contributed by atoms with Gasteiger partial charge >= 0.3 is 0 Å². The molecule has 1 heterocycles. The van der Waals surface area contributed by atoms with E-state index < -0.39 is 17.2 Å². The molecule has 0 aliphatic carbocycles. The summed E-state index contributed by atoms with van der Waals surface area (Å²) in [5, 5.41) is 31.9. The van der Waals surface area contributed by atoms with Crippen molar-refractivity contribution in [1.29, 1.82) is 0 Å². The van der Waals surface area contributed by atoms with E-state index in [1.54, 1.807) is 29.2 Å². The molecule has 0 bridgehead atoms. The molecular weight excluding hydrogens is 372 g/mol. The molecule has 2 aromatic rings. The number of piperidine rings is 1. The first-order valence-electron chi connectivity index (χ1n) is 8.46. The summed E-state index contributed by atoms with van der Waals surface area (Å²) in [4.78, 5) is 26.4. The maximum Gasteiger partial charge on any atom is 0.254 e. The predicted octanol–water partition coefficient (Wildman–Crippen LogP) is 2.49. The topological polar surface area (TPSA) is 110 Å². The van der Waals surface area contributed by atoms with Gasteiger partial charge in [0, 0.05) is 35.3 Å². The van der Waals surface area contributed by atoms with Crippen molar-refractivity contribution < 1.29 is 24.9 Å². The molecule has 27 heavy (non-hydrogen) atoms. The van der Waals surface area contributed by atoms with Crippen molar-refractivity contribution in [3.63, 3.8) is 0 Å². The van der Waals surface area contributed by atoms with Gasteiger partial charge in [0.15, 0.2) is 17.2 Å². The Bertz CT molecular complexity index is 855. The van der Waals surface area contributed by atoms with Crippen LogP contribution in [0.4, 0.5) is 0 Å². The molecule has 1 saturated heterocycles. The fraction of sp³-hybridized carbons (Fsp3) is 0.263. The van der Waals surface area contributed by atoms with E-state index >= 15 is 0 Å². The SMILES string of the molecule is O=C(NC1CCN(C(=O)c2cc(O)c(O)c(O)c2)CC1)c1cccc(Cl)c1. The van der Waals surface area contributed by atoms with Crippen molar-refractivity contribution in [2.24, 2.45) is 0 Å². The van der Waals surface area contributed by atoms with Crippen molar-refractivity contribution in [2.75, 3.05) is 13.1 Å². The third kappa shape index (κ3) is 4.25. The van der Waals surface area contributed by atoms with Crippen molar-refractivity contribution in [1.82, 2.24) is 10.2 Å². The Hall–Kier alpha value is -2.93. The van der Waals surface area contributed by atoms with Gasteiger partial charge in [-0.05, 0) is 43.2 Å². The number of likely N-dealkylation sites (tertiary alicyclic amines) is 1. The average Bonchev–Trinajstić information content (AvgIpc) is 2.65. The first kappa shape index (κ1) is 18.8. The largest absolute Gasteiger partial charge is 0.504 e. The monoisotopic (exact) mass is 390 g/mol. The van der Waals surface area contributed by atoms with Gasteiger partial charge in [0.05, 0.1) is 0 Å². The van der Waals surface area contributed by atoms with E-state index in [1.807, 2.05) is 0 Å². The van der Waals surface area contributed by atoms with Crippen LogP contribution in [0.2, 0.25) is 5.02 Å². The predicted molar refractivity (Wildman–Crippen MR) is 99.3 cm³/mol. The lowest BCUT2D eigenvalue weighted by Gasteiger charge is -2.32. The van der Waals surface area contributed by atoms with Gasteiger partial charge in [-0.15, -0.1) is 0 Å². The second kappa shape index (κ2) is 7.75. The molecule has 3 rings (SSSR count). The Morgan fingerprint density at radius 2 is 1.63 bits per heavy atom. The number of phenolic OH excluding ortho intramolecular Hbond substituents is 3. The van der Waals surface area contributed by atoms with Gasteiger partial charge in [0.2, 0.25) is 0 Å². The second-order valence-corrected chi connectivity index (χ2v) is 6.85. The van der Waals surface area contributed by atoms with Crippen molar-refractivity contribution in [2.45, 2.75) is 18.9 Å². The highest BCUT2D eigenvalue weighted by atomic mass is 35.5. The molecule has 0 radical (unpaired) electrons. The van der Waals surface area contributed by atoms with E-state index in [0.717, 1.165) is 12.1 Å². The quantitative estimate of drug-likeness (QED) is 0.602. The summed E-state index contributed by atoms with van der Waals surface area (Å²) in [6.07, 6.45) is 1.15. The lowest BCUT2D eigenvalue weighted by molar-refractivity contribution is 0.0697. The number of hydrogen-bond donors (Lipinski definition) is 4. The maximum absolute atomic E-state index is 12.5. The van der Waals surface area contributed by atoms with Crippen LogP contribution in [0.15, 0.2) is 36.4 Å². The van der Waals surface area contributed by atoms with Crippen LogP contribution in [-0.4, -0.2) is 51.2 Å². The number of hydrogen-bond acceptors (Lipinski definition) is 5. The third-order valence-electron chi connectivity index (χ3n) is 4.52. The molecule has 0 saturated carbocycles. The highest BCUT2D eigenvalue weighted by Gasteiger charge is 2.26. The molecule has 0 unspecified atom stereocenters. The molecule has 1 fully saturated rings. The summed E-state index contributed by atoms with van der Waals surface area (Å²) in [5.74, 6) is -2.34. The number of amides is 2. The molecule has 7 nitrogen and oxygen atoms in total. The molecule has 1 aliphatic rings. The van der Waals surface area contributed by atoms with Crippen molar-refractivity contribution >= 4 is 23.4 Å². The number of rotatable bonds is 3. The lowest BCUT2D eigenvalue weighted by Crippen LogP contribution is -2.46. The summed E-state index contributed by atoms with van der Waals surface area (Å²) in [6.45, 7) is 0.837. The molecule has 0 spiro atoms. The Morgan fingerprint density at radius 3 is 2.22 bits per heavy atom. The van der Waals surface area contributed by atoms with Gasteiger partial charge in [0.1, 0.15) is 0 Å². The zero-order chi connectivity index (χ0) is 19.6. The minimum atomic E-state index is -0.658. The minimum Gasteiger partial charge on any atom is -0.504 e. The molecule has 2 aromatic carbocycles. The Kier molecular flexibility index (Phi) is 5.41. The number of benzene rings is 2. The Balaban J connectivity index is 1.58. The highest BCUT2D eigenvalue weighted by Crippen LogP contribution is 2.35. The number of nitrogens with zero attached hydrogens (tertiary/aromatic N) is 1. The van der Waals surface area contributed by atoms with Gasteiger partial charge in [0.25, 0.3) is 11.8 Å². The van der Waals surface area contributed by atoms with Crippen molar-refractivity contribution in [3.8, 4) is 17.2 Å². The summed E-state index contributed by atoms with van der Waals surface area (Å²) >= 11 is 5.90. The van der Waals surface area contributed by atoms with E-state index in [2.05, 4.69) is 5.32 Å². The van der Waals surface area contributed by atoms with Crippen LogP contribution < -0.4 is 5.32 Å². The standard InChI is InChI=1S/C19H19ClN2O5/c20-13-3-1-2-11(8-13)18(26)21-14-4-6-22(7-5-14)19(27)12-9-15(23)17(25)16(24)10-12/h1-3,8-10,14,23-25H,4-7H2,(H,21,26). The van der Waals surface area contributed by atoms with Crippen LogP contribution in [0.5, 0.6) is 17.2 Å². The Morgan fingerprint density at radius 1 is 1.00 bits per heavy atom. The number of carbonyl (C=O) groups excluding carboxylic acids is 2. The summed E-state index contributed by atoms with van der Waals surface area (Å²) in [6, 6.07) is 8.85.